The lowest BCUT2D eigenvalue weighted by atomic mass is 10.2. The van der Waals surface area contributed by atoms with E-state index in [1.54, 1.807) is 20.8 Å². The van der Waals surface area contributed by atoms with E-state index in [9.17, 15) is 14.4 Å². The summed E-state index contributed by atoms with van der Waals surface area (Å²) in [5, 5.41) is 2.38. The van der Waals surface area contributed by atoms with Crippen LogP contribution in [0.4, 0.5) is 0 Å². The highest BCUT2D eigenvalue weighted by Gasteiger charge is 2.08. The van der Waals surface area contributed by atoms with E-state index in [1.165, 1.54) is 0 Å². The Hall–Kier alpha value is -1.65. The minimum Gasteiger partial charge on any atom is -0.298 e. The number of rotatable bonds is 3. The number of carbonyl (C=O) groups is 1. The van der Waals surface area contributed by atoms with Crippen LogP contribution in [0.2, 0.25) is 0 Å². The van der Waals surface area contributed by atoms with Crippen molar-refractivity contribution in [1.82, 2.24) is 9.78 Å². The van der Waals surface area contributed by atoms with Gasteiger partial charge in [0.2, 0.25) is 0 Å². The summed E-state index contributed by atoms with van der Waals surface area (Å²) >= 11 is 0. The van der Waals surface area contributed by atoms with Crippen molar-refractivity contribution in [3.63, 3.8) is 0 Å². The zero-order chi connectivity index (χ0) is 11.6. The molecule has 0 bridgehead atoms. The molecule has 0 aromatic carbocycles. The molecule has 82 valence electrons. The fourth-order valence-corrected chi connectivity index (χ4v) is 1.19. The molecular weight excluding hydrogens is 196 g/mol. The van der Waals surface area contributed by atoms with Gasteiger partial charge in [-0.3, -0.25) is 19.5 Å². The van der Waals surface area contributed by atoms with Gasteiger partial charge in [0.15, 0.2) is 5.78 Å². The molecule has 5 nitrogen and oxygen atoms in total. The maximum absolute atomic E-state index is 11.6. The highest BCUT2D eigenvalue weighted by Crippen LogP contribution is 1.92. The fourth-order valence-electron chi connectivity index (χ4n) is 1.19. The van der Waals surface area contributed by atoms with E-state index in [0.717, 1.165) is 4.68 Å². The number of ketones is 1. The van der Waals surface area contributed by atoms with Gasteiger partial charge in [-0.1, -0.05) is 6.92 Å². The summed E-state index contributed by atoms with van der Waals surface area (Å²) in [6, 6.07) is 0. The van der Waals surface area contributed by atoms with Crippen LogP contribution in [0.1, 0.15) is 24.5 Å². The van der Waals surface area contributed by atoms with Crippen molar-refractivity contribution >= 4 is 5.78 Å². The molecule has 0 aliphatic rings. The first-order valence-corrected chi connectivity index (χ1v) is 4.79. The number of aromatic nitrogens is 2. The maximum atomic E-state index is 11.6. The summed E-state index contributed by atoms with van der Waals surface area (Å²) < 4.78 is 1.07. The highest BCUT2D eigenvalue weighted by molar-refractivity contribution is 5.77. The van der Waals surface area contributed by atoms with Crippen molar-refractivity contribution in [2.45, 2.75) is 33.7 Å². The number of nitrogens with one attached hydrogen (secondary N) is 1. The Balaban J connectivity index is 3.27. The number of H-pyrrole nitrogens is 1. The molecule has 1 heterocycles. The van der Waals surface area contributed by atoms with Gasteiger partial charge in [-0.05, 0) is 13.8 Å². The van der Waals surface area contributed by atoms with E-state index in [2.05, 4.69) is 5.10 Å². The van der Waals surface area contributed by atoms with E-state index in [0.29, 0.717) is 17.5 Å². The third kappa shape index (κ3) is 2.23. The van der Waals surface area contributed by atoms with Gasteiger partial charge in [-0.25, -0.2) is 4.68 Å². The number of hydrogen-bond acceptors (Lipinski definition) is 3. The molecule has 0 unspecified atom stereocenters. The zero-order valence-corrected chi connectivity index (χ0v) is 9.09. The molecule has 0 fully saturated rings. The van der Waals surface area contributed by atoms with Gasteiger partial charge in [0.1, 0.15) is 6.54 Å². The molecule has 1 N–H and O–H groups in total. The van der Waals surface area contributed by atoms with Gasteiger partial charge in [-0.15, -0.1) is 0 Å². The van der Waals surface area contributed by atoms with E-state index in [4.69, 9.17) is 0 Å². The summed E-state index contributed by atoms with van der Waals surface area (Å²) in [7, 11) is 0. The largest absolute Gasteiger partial charge is 0.298 e. The third-order valence-corrected chi connectivity index (χ3v) is 2.43. The molecule has 0 atom stereocenters. The number of Topliss-reactive ketones (excluding diaryl/α,β-unsaturated/α-hetero) is 1. The number of nitrogens with zero attached hydrogens (tertiary/aromatic N) is 1. The van der Waals surface area contributed by atoms with Crippen LogP contribution < -0.4 is 11.1 Å². The Morgan fingerprint density at radius 1 is 1.27 bits per heavy atom. The van der Waals surface area contributed by atoms with Crippen molar-refractivity contribution in [2.24, 2.45) is 0 Å². The molecule has 1 aromatic rings. The number of aromatic amines is 1. The summed E-state index contributed by atoms with van der Waals surface area (Å²) in [5.41, 5.74) is 0.160. The van der Waals surface area contributed by atoms with E-state index in [1.807, 2.05) is 0 Å². The lowest BCUT2D eigenvalue weighted by Gasteiger charge is -2.06. The van der Waals surface area contributed by atoms with Crippen LogP contribution in [0.15, 0.2) is 9.59 Å². The SMILES string of the molecule is CCC(=O)Cn1[nH]c(=O)c(C)c(C)c1=O. The molecule has 0 aliphatic heterocycles. The topological polar surface area (TPSA) is 71.9 Å². The molecule has 0 aliphatic carbocycles. The fraction of sp³-hybridized carbons (Fsp3) is 0.500. The van der Waals surface area contributed by atoms with E-state index < -0.39 is 0 Å². The lowest BCUT2D eigenvalue weighted by molar-refractivity contribution is -0.119. The number of hydrogen-bond donors (Lipinski definition) is 1. The maximum Gasteiger partial charge on any atom is 0.268 e. The van der Waals surface area contributed by atoms with Crippen molar-refractivity contribution in [1.29, 1.82) is 0 Å². The Morgan fingerprint density at radius 3 is 2.40 bits per heavy atom. The second-order valence-corrected chi connectivity index (χ2v) is 3.47. The average molecular weight is 210 g/mol. The van der Waals surface area contributed by atoms with Gasteiger partial charge in [0.05, 0.1) is 0 Å². The van der Waals surface area contributed by atoms with Crippen molar-refractivity contribution < 1.29 is 4.79 Å². The second kappa shape index (κ2) is 4.25. The summed E-state index contributed by atoms with van der Waals surface area (Å²) in [6.07, 6.45) is 0.349. The van der Waals surface area contributed by atoms with Gasteiger partial charge >= 0.3 is 0 Å². The first kappa shape index (κ1) is 11.4. The molecule has 0 saturated heterocycles. The molecule has 0 saturated carbocycles. The Bertz CT molecular complexity index is 496. The third-order valence-electron chi connectivity index (χ3n) is 2.43. The molecule has 15 heavy (non-hydrogen) atoms. The predicted molar refractivity (Wildman–Crippen MR) is 56.1 cm³/mol. The second-order valence-electron chi connectivity index (χ2n) is 3.47. The highest BCUT2D eigenvalue weighted by atomic mass is 16.2. The quantitative estimate of drug-likeness (QED) is 0.770. The Labute approximate surface area is 86.7 Å². The van der Waals surface area contributed by atoms with Gasteiger partial charge < -0.3 is 0 Å². The molecule has 1 rings (SSSR count). The Kier molecular flexibility index (Phi) is 3.24. The van der Waals surface area contributed by atoms with Crippen LogP contribution in [0, 0.1) is 13.8 Å². The molecule has 0 spiro atoms. The van der Waals surface area contributed by atoms with Crippen molar-refractivity contribution in [3.05, 3.63) is 31.8 Å². The summed E-state index contributed by atoms with van der Waals surface area (Å²) in [5.74, 6) is -0.0870. The monoisotopic (exact) mass is 210 g/mol. The Morgan fingerprint density at radius 2 is 1.87 bits per heavy atom. The van der Waals surface area contributed by atoms with Crippen LogP contribution in [0.5, 0.6) is 0 Å². The van der Waals surface area contributed by atoms with Crippen LogP contribution in [-0.4, -0.2) is 15.6 Å². The van der Waals surface area contributed by atoms with Gasteiger partial charge in [0, 0.05) is 17.5 Å². The van der Waals surface area contributed by atoms with Crippen molar-refractivity contribution in [2.75, 3.05) is 0 Å². The molecular formula is C10H14N2O3. The molecule has 5 heteroatoms. The average Bonchev–Trinajstić information content (AvgIpc) is 2.22. The smallest absolute Gasteiger partial charge is 0.268 e. The first-order chi connectivity index (χ1) is 6.97. The standard InChI is InChI=1S/C10H14N2O3/c1-4-8(13)5-12-10(15)7(3)6(2)9(14)11-12/h4-5H2,1-3H3,(H,11,14). The lowest BCUT2D eigenvalue weighted by Crippen LogP contribution is -2.35. The minimum absolute atomic E-state index is 0.0638. The predicted octanol–water partition coefficient (Wildman–Crippen LogP) is 0.133. The number of carbonyl (C=O) groups excluding carboxylic acids is 1. The first-order valence-electron chi connectivity index (χ1n) is 4.79. The molecule has 0 amide bonds. The molecule has 0 radical (unpaired) electrons. The van der Waals surface area contributed by atoms with Gasteiger partial charge in [-0.2, -0.15) is 0 Å². The normalized spacial score (nSPS) is 10.3. The zero-order valence-electron chi connectivity index (χ0n) is 9.09. The van der Waals surface area contributed by atoms with Crippen LogP contribution in [0.25, 0.3) is 0 Å². The minimum atomic E-state index is -0.323. The van der Waals surface area contributed by atoms with Gasteiger partial charge in [0.25, 0.3) is 11.1 Å². The summed E-state index contributed by atoms with van der Waals surface area (Å²) in [6.45, 7) is 4.82. The van der Waals surface area contributed by atoms with E-state index >= 15 is 0 Å². The van der Waals surface area contributed by atoms with E-state index in [-0.39, 0.29) is 23.4 Å². The van der Waals surface area contributed by atoms with Crippen molar-refractivity contribution in [3.8, 4) is 0 Å². The van der Waals surface area contributed by atoms with Crippen LogP contribution >= 0.6 is 0 Å². The summed E-state index contributed by atoms with van der Waals surface area (Å²) in [4.78, 5) is 34.1. The van der Waals surface area contributed by atoms with Crippen LogP contribution in [-0.2, 0) is 11.3 Å². The molecule has 1 aromatic heterocycles. The van der Waals surface area contributed by atoms with Crippen LogP contribution in [0.3, 0.4) is 0 Å².